The molecule has 0 radical (unpaired) electrons. The molecule has 1 heterocycles. The van der Waals surface area contributed by atoms with Gasteiger partial charge in [0.05, 0.1) is 6.61 Å². The molecule has 2 aromatic rings. The molecule has 0 bridgehead atoms. The molecule has 0 aliphatic carbocycles. The third-order valence-corrected chi connectivity index (χ3v) is 3.81. The predicted octanol–water partition coefficient (Wildman–Crippen LogP) is 3.37. The summed E-state index contributed by atoms with van der Waals surface area (Å²) in [4.78, 5) is 0. The number of halogens is 1. The van der Waals surface area contributed by atoms with Crippen molar-refractivity contribution in [2.45, 2.75) is 6.10 Å². The number of rotatable bonds is 4. The summed E-state index contributed by atoms with van der Waals surface area (Å²) in [6.45, 7) is 3.08. The van der Waals surface area contributed by atoms with Gasteiger partial charge in [0.25, 0.3) is 0 Å². The van der Waals surface area contributed by atoms with Gasteiger partial charge in [0.1, 0.15) is 18.5 Å². The Morgan fingerprint density at radius 1 is 1.14 bits per heavy atom. The van der Waals surface area contributed by atoms with Crippen LogP contribution in [0.3, 0.4) is 0 Å². The highest BCUT2D eigenvalue weighted by Crippen LogP contribution is 2.28. The third-order valence-electron chi connectivity index (χ3n) is 3.48. The van der Waals surface area contributed by atoms with E-state index in [4.69, 9.17) is 21.1 Å². The van der Waals surface area contributed by atoms with Gasteiger partial charge in [-0.1, -0.05) is 41.9 Å². The van der Waals surface area contributed by atoms with E-state index in [0.717, 1.165) is 41.6 Å². The lowest BCUT2D eigenvalue weighted by Crippen LogP contribution is -2.41. The summed E-state index contributed by atoms with van der Waals surface area (Å²) in [5.41, 5.74) is 2.12. The second kappa shape index (κ2) is 6.94. The summed E-state index contributed by atoms with van der Waals surface area (Å²) in [7, 11) is 0. The molecule has 0 aromatic heterocycles. The summed E-state index contributed by atoms with van der Waals surface area (Å²) in [6.07, 6.45) is 0.127. The van der Waals surface area contributed by atoms with Crippen LogP contribution >= 0.6 is 11.6 Å². The average Bonchev–Trinajstić information content (AvgIpc) is 2.55. The van der Waals surface area contributed by atoms with Crippen molar-refractivity contribution in [1.82, 2.24) is 5.32 Å². The van der Waals surface area contributed by atoms with Crippen molar-refractivity contribution in [2.24, 2.45) is 0 Å². The van der Waals surface area contributed by atoms with E-state index >= 15 is 0 Å². The van der Waals surface area contributed by atoms with Gasteiger partial charge in [0.2, 0.25) is 0 Å². The molecule has 1 atom stereocenters. The van der Waals surface area contributed by atoms with Gasteiger partial charge in [-0.3, -0.25) is 0 Å². The first-order chi connectivity index (χ1) is 10.3. The van der Waals surface area contributed by atoms with E-state index < -0.39 is 0 Å². The van der Waals surface area contributed by atoms with Gasteiger partial charge in [0, 0.05) is 23.7 Å². The summed E-state index contributed by atoms with van der Waals surface area (Å²) >= 11 is 6.21. The molecule has 1 aliphatic rings. The zero-order chi connectivity index (χ0) is 14.5. The summed E-state index contributed by atoms with van der Waals surface area (Å²) in [5, 5.41) is 4.05. The Bertz CT molecular complexity index is 580. The molecular weight excluding hydrogens is 286 g/mol. The van der Waals surface area contributed by atoms with Gasteiger partial charge in [-0.15, -0.1) is 0 Å². The van der Waals surface area contributed by atoms with Crippen LogP contribution in [0, 0.1) is 0 Å². The van der Waals surface area contributed by atoms with Crippen molar-refractivity contribution in [1.29, 1.82) is 0 Å². The summed E-state index contributed by atoms with van der Waals surface area (Å²) < 4.78 is 11.4. The molecule has 110 valence electrons. The van der Waals surface area contributed by atoms with Crippen LogP contribution in [0.15, 0.2) is 48.5 Å². The Morgan fingerprint density at radius 2 is 1.95 bits per heavy atom. The van der Waals surface area contributed by atoms with Crippen molar-refractivity contribution in [3.8, 4) is 16.9 Å². The molecule has 3 rings (SSSR count). The van der Waals surface area contributed by atoms with Gasteiger partial charge in [-0.05, 0) is 23.8 Å². The smallest absolute Gasteiger partial charge is 0.119 e. The second-order valence-corrected chi connectivity index (χ2v) is 5.42. The van der Waals surface area contributed by atoms with Crippen LogP contribution in [-0.4, -0.2) is 32.4 Å². The lowest BCUT2D eigenvalue weighted by atomic mass is 10.1. The Balaban J connectivity index is 1.63. The largest absolute Gasteiger partial charge is 0.491 e. The molecule has 2 aromatic carbocycles. The molecule has 1 aliphatic heterocycles. The summed E-state index contributed by atoms with van der Waals surface area (Å²) in [6, 6.07) is 15.8. The fourth-order valence-electron chi connectivity index (χ4n) is 2.34. The van der Waals surface area contributed by atoms with E-state index in [2.05, 4.69) is 5.32 Å². The van der Waals surface area contributed by atoms with Crippen molar-refractivity contribution in [3.63, 3.8) is 0 Å². The molecule has 0 saturated carbocycles. The van der Waals surface area contributed by atoms with Gasteiger partial charge >= 0.3 is 0 Å². The molecule has 3 nitrogen and oxygen atoms in total. The van der Waals surface area contributed by atoms with Crippen molar-refractivity contribution >= 4 is 11.6 Å². The van der Waals surface area contributed by atoms with Gasteiger partial charge in [0.15, 0.2) is 0 Å². The monoisotopic (exact) mass is 303 g/mol. The average molecular weight is 304 g/mol. The Labute approximate surface area is 129 Å². The van der Waals surface area contributed by atoms with Gasteiger partial charge in [-0.2, -0.15) is 0 Å². The van der Waals surface area contributed by atoms with Crippen LogP contribution in [0.25, 0.3) is 11.1 Å². The molecule has 0 spiro atoms. The Morgan fingerprint density at radius 3 is 2.67 bits per heavy atom. The number of hydrogen-bond acceptors (Lipinski definition) is 3. The van der Waals surface area contributed by atoms with Gasteiger partial charge < -0.3 is 14.8 Å². The maximum Gasteiger partial charge on any atom is 0.119 e. The van der Waals surface area contributed by atoms with Crippen molar-refractivity contribution in [2.75, 3.05) is 26.3 Å². The first-order valence-corrected chi connectivity index (χ1v) is 7.51. The van der Waals surface area contributed by atoms with E-state index in [1.165, 1.54) is 0 Å². The molecule has 1 N–H and O–H groups in total. The van der Waals surface area contributed by atoms with E-state index in [1.807, 2.05) is 48.5 Å². The third kappa shape index (κ3) is 3.76. The minimum Gasteiger partial charge on any atom is -0.491 e. The molecule has 0 unspecified atom stereocenters. The highest BCUT2D eigenvalue weighted by Gasteiger charge is 2.13. The second-order valence-electron chi connectivity index (χ2n) is 5.01. The summed E-state index contributed by atoms with van der Waals surface area (Å²) in [5.74, 6) is 0.847. The van der Waals surface area contributed by atoms with Crippen LogP contribution in [0.1, 0.15) is 0 Å². The van der Waals surface area contributed by atoms with Crippen LogP contribution in [0.4, 0.5) is 0 Å². The Hall–Kier alpha value is -1.55. The zero-order valence-electron chi connectivity index (χ0n) is 11.7. The van der Waals surface area contributed by atoms with E-state index in [0.29, 0.717) is 6.61 Å². The number of hydrogen-bond donors (Lipinski definition) is 1. The highest BCUT2D eigenvalue weighted by atomic mass is 35.5. The van der Waals surface area contributed by atoms with Crippen molar-refractivity contribution < 1.29 is 9.47 Å². The Kier molecular flexibility index (Phi) is 4.76. The lowest BCUT2D eigenvalue weighted by molar-refractivity contribution is 0.000198. The normalized spacial score (nSPS) is 18.4. The zero-order valence-corrected chi connectivity index (χ0v) is 12.5. The van der Waals surface area contributed by atoms with E-state index in [1.54, 1.807) is 0 Å². The maximum atomic E-state index is 6.21. The van der Waals surface area contributed by atoms with Crippen molar-refractivity contribution in [3.05, 3.63) is 53.6 Å². The first kappa shape index (κ1) is 14.4. The van der Waals surface area contributed by atoms with Gasteiger partial charge in [-0.25, -0.2) is 0 Å². The lowest BCUT2D eigenvalue weighted by Gasteiger charge is -2.23. The van der Waals surface area contributed by atoms with E-state index in [9.17, 15) is 0 Å². The number of ether oxygens (including phenoxy) is 2. The van der Waals surface area contributed by atoms with Crippen LogP contribution in [0.5, 0.6) is 5.75 Å². The maximum absolute atomic E-state index is 6.21. The first-order valence-electron chi connectivity index (χ1n) is 7.13. The molecule has 1 fully saturated rings. The van der Waals surface area contributed by atoms with Crippen LogP contribution in [-0.2, 0) is 4.74 Å². The minimum absolute atomic E-state index is 0.127. The molecular formula is C17H18ClNO2. The number of benzene rings is 2. The standard InChI is InChI=1S/C17H18ClNO2/c18-17-4-2-1-3-16(17)13-5-7-14(8-6-13)21-12-15-11-19-9-10-20-15/h1-8,15,19H,9-12H2/t15-/m0/s1. The molecule has 4 heteroatoms. The highest BCUT2D eigenvalue weighted by molar-refractivity contribution is 6.33. The predicted molar refractivity (Wildman–Crippen MR) is 85.0 cm³/mol. The molecule has 21 heavy (non-hydrogen) atoms. The van der Waals surface area contributed by atoms with E-state index in [-0.39, 0.29) is 6.10 Å². The quantitative estimate of drug-likeness (QED) is 0.939. The fourth-order valence-corrected chi connectivity index (χ4v) is 2.59. The SMILES string of the molecule is Clc1ccccc1-c1ccc(OC[C@@H]2CNCCO2)cc1. The number of morpholine rings is 1. The topological polar surface area (TPSA) is 30.5 Å². The fraction of sp³-hybridized carbons (Fsp3) is 0.294. The minimum atomic E-state index is 0.127. The molecule has 0 amide bonds. The molecule has 1 saturated heterocycles. The van der Waals surface area contributed by atoms with Crippen LogP contribution < -0.4 is 10.1 Å². The van der Waals surface area contributed by atoms with Crippen LogP contribution in [0.2, 0.25) is 5.02 Å². The number of nitrogens with one attached hydrogen (secondary N) is 1.